The minimum absolute atomic E-state index is 0.0445. The van der Waals surface area contributed by atoms with Crippen LogP contribution >= 0.6 is 0 Å². The zero-order valence-corrected chi connectivity index (χ0v) is 13.4. The van der Waals surface area contributed by atoms with Crippen molar-refractivity contribution in [3.8, 4) is 0 Å². The molecule has 0 saturated carbocycles. The molecule has 21 heavy (non-hydrogen) atoms. The SMILES string of the molecule is Cc1ccc(C(N)C(=O)N2CCN(CC(C)C)CC2)cc1. The summed E-state index contributed by atoms with van der Waals surface area (Å²) in [6, 6.07) is 7.37. The minimum atomic E-state index is -0.540. The topological polar surface area (TPSA) is 49.6 Å². The van der Waals surface area contributed by atoms with E-state index in [0.717, 1.165) is 38.3 Å². The van der Waals surface area contributed by atoms with Gasteiger partial charge in [-0.25, -0.2) is 0 Å². The van der Waals surface area contributed by atoms with Crippen molar-refractivity contribution in [3.63, 3.8) is 0 Å². The van der Waals surface area contributed by atoms with Crippen LogP contribution in [0.15, 0.2) is 24.3 Å². The molecule has 0 aromatic heterocycles. The molecule has 1 atom stereocenters. The van der Waals surface area contributed by atoms with E-state index in [-0.39, 0.29) is 5.91 Å². The second-order valence-electron chi connectivity index (χ2n) is 6.41. The second-order valence-corrected chi connectivity index (χ2v) is 6.41. The summed E-state index contributed by atoms with van der Waals surface area (Å²) in [5.74, 6) is 0.713. The number of nitrogens with two attached hydrogens (primary N) is 1. The van der Waals surface area contributed by atoms with Gasteiger partial charge in [-0.15, -0.1) is 0 Å². The van der Waals surface area contributed by atoms with Gasteiger partial charge in [0.1, 0.15) is 6.04 Å². The third kappa shape index (κ3) is 4.29. The Kier molecular flexibility index (Phi) is 5.37. The number of carbonyl (C=O) groups excluding carboxylic acids is 1. The number of nitrogens with zero attached hydrogens (tertiary/aromatic N) is 2. The molecule has 1 saturated heterocycles. The molecular formula is C17H27N3O. The van der Waals surface area contributed by atoms with Crippen LogP contribution in [0.2, 0.25) is 0 Å². The first kappa shape index (κ1) is 16.0. The van der Waals surface area contributed by atoms with Gasteiger partial charge in [-0.05, 0) is 18.4 Å². The van der Waals surface area contributed by atoms with Gasteiger partial charge in [0, 0.05) is 32.7 Å². The fourth-order valence-electron chi connectivity index (χ4n) is 2.78. The van der Waals surface area contributed by atoms with Crippen LogP contribution < -0.4 is 5.73 Å². The Balaban J connectivity index is 1.90. The van der Waals surface area contributed by atoms with Crippen molar-refractivity contribution in [2.45, 2.75) is 26.8 Å². The summed E-state index contributed by atoms with van der Waals surface area (Å²) in [4.78, 5) is 16.8. The number of benzene rings is 1. The molecule has 1 fully saturated rings. The highest BCUT2D eigenvalue weighted by Gasteiger charge is 2.26. The van der Waals surface area contributed by atoms with Crippen LogP contribution in [0.25, 0.3) is 0 Å². The molecule has 1 unspecified atom stereocenters. The summed E-state index contributed by atoms with van der Waals surface area (Å²) in [5, 5.41) is 0. The monoisotopic (exact) mass is 289 g/mol. The minimum Gasteiger partial charge on any atom is -0.338 e. The van der Waals surface area contributed by atoms with Crippen LogP contribution in [-0.2, 0) is 4.79 Å². The largest absolute Gasteiger partial charge is 0.338 e. The highest BCUT2D eigenvalue weighted by atomic mass is 16.2. The highest BCUT2D eigenvalue weighted by Crippen LogP contribution is 2.16. The van der Waals surface area contributed by atoms with Gasteiger partial charge in [0.2, 0.25) is 5.91 Å². The number of carbonyl (C=O) groups is 1. The summed E-state index contributed by atoms with van der Waals surface area (Å²) in [7, 11) is 0. The third-order valence-corrected chi connectivity index (χ3v) is 4.01. The normalized spacial score (nSPS) is 18.0. The fourth-order valence-corrected chi connectivity index (χ4v) is 2.78. The van der Waals surface area contributed by atoms with Crippen molar-refractivity contribution >= 4 is 5.91 Å². The lowest BCUT2D eigenvalue weighted by atomic mass is 10.0. The Bertz CT molecular complexity index is 461. The van der Waals surface area contributed by atoms with Crippen LogP contribution in [0, 0.1) is 12.8 Å². The number of rotatable bonds is 4. The van der Waals surface area contributed by atoms with Crippen molar-refractivity contribution < 1.29 is 4.79 Å². The van der Waals surface area contributed by atoms with E-state index >= 15 is 0 Å². The van der Waals surface area contributed by atoms with Crippen LogP contribution in [0.5, 0.6) is 0 Å². The molecule has 1 heterocycles. The Hall–Kier alpha value is -1.39. The molecule has 1 aliphatic rings. The molecule has 1 amide bonds. The molecule has 4 nitrogen and oxygen atoms in total. The molecule has 2 N–H and O–H groups in total. The molecule has 4 heteroatoms. The number of aryl methyl sites for hydroxylation is 1. The van der Waals surface area contributed by atoms with E-state index in [4.69, 9.17) is 5.73 Å². The molecular weight excluding hydrogens is 262 g/mol. The molecule has 0 radical (unpaired) electrons. The zero-order valence-electron chi connectivity index (χ0n) is 13.4. The van der Waals surface area contributed by atoms with Gasteiger partial charge in [-0.2, -0.15) is 0 Å². The smallest absolute Gasteiger partial charge is 0.244 e. The van der Waals surface area contributed by atoms with Crippen LogP contribution in [0.4, 0.5) is 0 Å². The van der Waals surface area contributed by atoms with Gasteiger partial charge < -0.3 is 10.6 Å². The van der Waals surface area contributed by atoms with Gasteiger partial charge in [0.15, 0.2) is 0 Å². The average molecular weight is 289 g/mol. The first-order valence-electron chi connectivity index (χ1n) is 7.80. The first-order valence-corrected chi connectivity index (χ1v) is 7.80. The van der Waals surface area contributed by atoms with Crippen molar-refractivity contribution in [1.82, 2.24) is 9.80 Å². The summed E-state index contributed by atoms with van der Waals surface area (Å²) in [5.41, 5.74) is 8.21. The molecule has 1 aromatic rings. The predicted octanol–water partition coefficient (Wildman–Crippen LogP) is 1.80. The molecule has 2 rings (SSSR count). The van der Waals surface area contributed by atoms with E-state index in [9.17, 15) is 4.79 Å². The molecule has 0 bridgehead atoms. The summed E-state index contributed by atoms with van der Waals surface area (Å²) in [6.07, 6.45) is 0. The molecule has 116 valence electrons. The quantitative estimate of drug-likeness (QED) is 0.919. The maximum absolute atomic E-state index is 12.5. The lowest BCUT2D eigenvalue weighted by Crippen LogP contribution is -2.51. The van der Waals surface area contributed by atoms with E-state index in [1.165, 1.54) is 5.56 Å². The maximum Gasteiger partial charge on any atom is 0.244 e. The van der Waals surface area contributed by atoms with Gasteiger partial charge in [0.05, 0.1) is 0 Å². The van der Waals surface area contributed by atoms with E-state index in [2.05, 4.69) is 18.7 Å². The van der Waals surface area contributed by atoms with Gasteiger partial charge in [0.25, 0.3) is 0 Å². The first-order chi connectivity index (χ1) is 9.97. The van der Waals surface area contributed by atoms with Crippen molar-refractivity contribution in [1.29, 1.82) is 0 Å². The lowest BCUT2D eigenvalue weighted by molar-refractivity contribution is -0.134. The zero-order chi connectivity index (χ0) is 15.4. The lowest BCUT2D eigenvalue weighted by Gasteiger charge is -2.36. The highest BCUT2D eigenvalue weighted by molar-refractivity contribution is 5.83. The van der Waals surface area contributed by atoms with E-state index < -0.39 is 6.04 Å². The maximum atomic E-state index is 12.5. The van der Waals surface area contributed by atoms with E-state index in [1.807, 2.05) is 36.1 Å². The molecule has 1 aromatic carbocycles. The van der Waals surface area contributed by atoms with Crippen molar-refractivity contribution in [2.75, 3.05) is 32.7 Å². The summed E-state index contributed by atoms with van der Waals surface area (Å²) < 4.78 is 0. The Morgan fingerprint density at radius 1 is 1.14 bits per heavy atom. The molecule has 0 spiro atoms. The van der Waals surface area contributed by atoms with Gasteiger partial charge in [-0.3, -0.25) is 9.69 Å². The van der Waals surface area contributed by atoms with Crippen molar-refractivity contribution in [2.24, 2.45) is 11.7 Å². The molecule has 0 aliphatic carbocycles. The Morgan fingerprint density at radius 2 is 1.71 bits per heavy atom. The van der Waals surface area contributed by atoms with Crippen LogP contribution in [-0.4, -0.2) is 48.4 Å². The summed E-state index contributed by atoms with van der Waals surface area (Å²) >= 11 is 0. The van der Waals surface area contributed by atoms with Gasteiger partial charge in [-0.1, -0.05) is 43.7 Å². The fraction of sp³-hybridized carbons (Fsp3) is 0.588. The van der Waals surface area contributed by atoms with Crippen molar-refractivity contribution in [3.05, 3.63) is 35.4 Å². The third-order valence-electron chi connectivity index (χ3n) is 4.01. The van der Waals surface area contributed by atoms with Crippen LogP contribution in [0.3, 0.4) is 0 Å². The Labute approximate surface area is 127 Å². The van der Waals surface area contributed by atoms with Crippen LogP contribution in [0.1, 0.15) is 31.0 Å². The average Bonchev–Trinajstić information content (AvgIpc) is 2.47. The molecule has 1 aliphatic heterocycles. The second kappa shape index (κ2) is 7.05. The van der Waals surface area contributed by atoms with E-state index in [1.54, 1.807) is 0 Å². The van der Waals surface area contributed by atoms with E-state index in [0.29, 0.717) is 5.92 Å². The van der Waals surface area contributed by atoms with Gasteiger partial charge >= 0.3 is 0 Å². The Morgan fingerprint density at radius 3 is 2.24 bits per heavy atom. The predicted molar refractivity (Wildman–Crippen MR) is 86.0 cm³/mol. The summed E-state index contributed by atoms with van der Waals surface area (Å²) in [6.45, 7) is 11.1. The number of amides is 1. The number of hydrogen-bond acceptors (Lipinski definition) is 3. The standard InChI is InChI=1S/C17H27N3O/c1-13(2)12-19-8-10-20(11-9-19)17(21)16(18)15-6-4-14(3)5-7-15/h4-7,13,16H,8-12,18H2,1-3H3. The number of hydrogen-bond donors (Lipinski definition) is 1. The number of piperazine rings is 1.